The fraction of sp³-hybridized carbons (Fsp3) is 0.562. The molecule has 0 amide bonds. The van der Waals surface area contributed by atoms with Gasteiger partial charge in [0.25, 0.3) is 0 Å². The number of ether oxygens (including phenoxy) is 2. The van der Waals surface area contributed by atoms with Crippen molar-refractivity contribution in [2.45, 2.75) is 32.2 Å². The minimum atomic E-state index is 0. The van der Waals surface area contributed by atoms with E-state index in [1.807, 2.05) is 18.2 Å². The first-order chi connectivity index (χ1) is 10.2. The summed E-state index contributed by atoms with van der Waals surface area (Å²) in [4.78, 5) is 4.28. The largest absolute Gasteiger partial charge is 0.493 e. The van der Waals surface area contributed by atoms with Gasteiger partial charge in [-0.15, -0.1) is 24.0 Å². The number of guanidine groups is 1. The Bertz CT molecular complexity index is 508. The molecule has 0 saturated heterocycles. The van der Waals surface area contributed by atoms with Crippen LogP contribution in [-0.2, 0) is 0 Å². The first-order valence-corrected chi connectivity index (χ1v) is 7.44. The lowest BCUT2D eigenvalue weighted by molar-refractivity contribution is 0.355. The van der Waals surface area contributed by atoms with Crippen molar-refractivity contribution in [1.29, 1.82) is 0 Å². The minimum absolute atomic E-state index is 0. The van der Waals surface area contributed by atoms with Crippen LogP contribution in [0, 0.1) is 5.92 Å². The lowest BCUT2D eigenvalue weighted by Gasteiger charge is -2.14. The van der Waals surface area contributed by atoms with Crippen molar-refractivity contribution in [3.8, 4) is 11.5 Å². The van der Waals surface area contributed by atoms with Crippen LogP contribution in [0.2, 0.25) is 0 Å². The number of halogens is 1. The number of hydrogen-bond acceptors (Lipinski definition) is 3. The van der Waals surface area contributed by atoms with Crippen molar-refractivity contribution < 1.29 is 9.47 Å². The van der Waals surface area contributed by atoms with Crippen LogP contribution in [-0.4, -0.2) is 33.3 Å². The molecule has 2 unspecified atom stereocenters. The van der Waals surface area contributed by atoms with Gasteiger partial charge in [-0.2, -0.15) is 0 Å². The zero-order chi connectivity index (χ0) is 15.2. The zero-order valence-electron chi connectivity index (χ0n) is 13.7. The van der Waals surface area contributed by atoms with E-state index in [9.17, 15) is 0 Å². The van der Waals surface area contributed by atoms with Gasteiger partial charge < -0.3 is 20.1 Å². The molecule has 22 heavy (non-hydrogen) atoms. The second-order valence-corrected chi connectivity index (χ2v) is 5.30. The van der Waals surface area contributed by atoms with Crippen LogP contribution in [0.4, 0.5) is 5.69 Å². The topological polar surface area (TPSA) is 54.9 Å². The van der Waals surface area contributed by atoms with Crippen molar-refractivity contribution in [2.24, 2.45) is 10.9 Å². The van der Waals surface area contributed by atoms with Gasteiger partial charge in [0.2, 0.25) is 0 Å². The summed E-state index contributed by atoms with van der Waals surface area (Å²) in [6.45, 7) is 2.23. The fourth-order valence-electron chi connectivity index (χ4n) is 2.50. The van der Waals surface area contributed by atoms with Crippen molar-refractivity contribution >= 4 is 35.6 Å². The number of aliphatic imine (C=N–C) groups is 1. The molecule has 1 aliphatic rings. The van der Waals surface area contributed by atoms with Crippen molar-refractivity contribution in [3.05, 3.63) is 18.2 Å². The number of benzene rings is 1. The summed E-state index contributed by atoms with van der Waals surface area (Å²) >= 11 is 0. The van der Waals surface area contributed by atoms with Crippen molar-refractivity contribution in [3.63, 3.8) is 0 Å². The average Bonchev–Trinajstić information content (AvgIpc) is 3.24. The summed E-state index contributed by atoms with van der Waals surface area (Å²) in [7, 11) is 5.05. The SMILES string of the molecule is CCCC1CC1NC(=NC)Nc1ccc(OC)c(OC)c1.I. The Morgan fingerprint density at radius 2 is 2.00 bits per heavy atom. The van der Waals surface area contributed by atoms with E-state index < -0.39 is 0 Å². The van der Waals surface area contributed by atoms with E-state index in [1.165, 1.54) is 19.3 Å². The Kier molecular flexibility index (Phi) is 7.78. The third-order valence-electron chi connectivity index (χ3n) is 3.77. The molecule has 1 saturated carbocycles. The summed E-state index contributed by atoms with van der Waals surface area (Å²) in [5, 5.41) is 6.75. The van der Waals surface area contributed by atoms with E-state index in [1.54, 1.807) is 21.3 Å². The quantitative estimate of drug-likeness (QED) is 0.421. The van der Waals surface area contributed by atoms with Crippen molar-refractivity contribution in [2.75, 3.05) is 26.6 Å². The Hall–Kier alpha value is -1.18. The maximum atomic E-state index is 5.31. The number of methoxy groups -OCH3 is 2. The molecule has 0 spiro atoms. The van der Waals surface area contributed by atoms with Gasteiger partial charge in [-0.3, -0.25) is 4.99 Å². The van der Waals surface area contributed by atoms with Gasteiger partial charge in [-0.25, -0.2) is 0 Å². The Morgan fingerprint density at radius 1 is 1.27 bits per heavy atom. The van der Waals surface area contributed by atoms with Crippen LogP contribution < -0.4 is 20.1 Å². The van der Waals surface area contributed by atoms with Crippen molar-refractivity contribution in [1.82, 2.24) is 5.32 Å². The third-order valence-corrected chi connectivity index (χ3v) is 3.77. The summed E-state index contributed by atoms with van der Waals surface area (Å²) in [6, 6.07) is 6.29. The van der Waals surface area contributed by atoms with E-state index in [-0.39, 0.29) is 24.0 Å². The maximum Gasteiger partial charge on any atom is 0.195 e. The predicted molar refractivity (Wildman–Crippen MR) is 102 cm³/mol. The minimum Gasteiger partial charge on any atom is -0.493 e. The van der Waals surface area contributed by atoms with Gasteiger partial charge in [0.05, 0.1) is 14.2 Å². The molecule has 1 aliphatic carbocycles. The number of nitrogens with one attached hydrogen (secondary N) is 2. The van der Waals surface area contributed by atoms with Gasteiger partial charge in [0, 0.05) is 24.8 Å². The Morgan fingerprint density at radius 3 is 2.59 bits per heavy atom. The fourth-order valence-corrected chi connectivity index (χ4v) is 2.50. The lowest BCUT2D eigenvalue weighted by atomic mass is 10.2. The van der Waals surface area contributed by atoms with Gasteiger partial charge in [0.15, 0.2) is 17.5 Å². The van der Waals surface area contributed by atoms with E-state index in [2.05, 4.69) is 22.5 Å². The molecule has 0 radical (unpaired) electrons. The molecule has 0 aliphatic heterocycles. The highest BCUT2D eigenvalue weighted by Crippen LogP contribution is 2.34. The van der Waals surface area contributed by atoms with Gasteiger partial charge in [-0.05, 0) is 30.9 Å². The lowest BCUT2D eigenvalue weighted by Crippen LogP contribution is -2.33. The van der Waals surface area contributed by atoms with E-state index >= 15 is 0 Å². The maximum absolute atomic E-state index is 5.31. The number of nitrogens with zero attached hydrogens (tertiary/aromatic N) is 1. The predicted octanol–water partition coefficient (Wildman–Crippen LogP) is 3.50. The molecular weight excluding hydrogens is 393 g/mol. The van der Waals surface area contributed by atoms with E-state index in [0.717, 1.165) is 23.3 Å². The molecule has 2 N–H and O–H groups in total. The van der Waals surface area contributed by atoms with E-state index in [4.69, 9.17) is 9.47 Å². The molecule has 2 atom stereocenters. The highest BCUT2D eigenvalue weighted by Gasteiger charge is 2.36. The molecule has 2 rings (SSSR count). The third kappa shape index (κ3) is 4.93. The van der Waals surface area contributed by atoms with E-state index in [0.29, 0.717) is 11.8 Å². The normalized spacial score (nSPS) is 19.9. The second kappa shape index (κ2) is 9.07. The molecule has 5 nitrogen and oxygen atoms in total. The summed E-state index contributed by atoms with van der Waals surface area (Å²) in [5.74, 6) is 3.01. The van der Waals surface area contributed by atoms with Gasteiger partial charge >= 0.3 is 0 Å². The molecule has 1 aromatic rings. The number of hydrogen-bond donors (Lipinski definition) is 2. The first kappa shape index (κ1) is 18.9. The Balaban J connectivity index is 0.00000242. The first-order valence-electron chi connectivity index (χ1n) is 7.44. The highest BCUT2D eigenvalue weighted by molar-refractivity contribution is 14.0. The highest BCUT2D eigenvalue weighted by atomic mass is 127. The smallest absolute Gasteiger partial charge is 0.195 e. The van der Waals surface area contributed by atoms with Crippen LogP contribution >= 0.6 is 24.0 Å². The molecule has 124 valence electrons. The van der Waals surface area contributed by atoms with Crippen LogP contribution in [0.5, 0.6) is 11.5 Å². The van der Waals surface area contributed by atoms with Crippen LogP contribution in [0.15, 0.2) is 23.2 Å². The summed E-state index contributed by atoms with van der Waals surface area (Å²) in [5.41, 5.74) is 0.924. The van der Waals surface area contributed by atoms with Crippen LogP contribution in [0.25, 0.3) is 0 Å². The molecule has 0 bridgehead atoms. The van der Waals surface area contributed by atoms with Gasteiger partial charge in [0.1, 0.15) is 0 Å². The standard InChI is InChI=1S/C16H25N3O2.HI/c1-5-6-11-9-13(11)19-16(17-2)18-12-7-8-14(20-3)15(10-12)21-4;/h7-8,10-11,13H,5-6,9H2,1-4H3,(H2,17,18,19);1H. The Labute approximate surface area is 149 Å². The molecular formula is C16H26IN3O2. The number of rotatable bonds is 6. The molecule has 6 heteroatoms. The number of anilines is 1. The zero-order valence-corrected chi connectivity index (χ0v) is 16.0. The molecule has 0 heterocycles. The summed E-state index contributed by atoms with van der Waals surface area (Å²) in [6.07, 6.45) is 3.76. The molecule has 1 fully saturated rings. The monoisotopic (exact) mass is 419 g/mol. The van der Waals surface area contributed by atoms with Gasteiger partial charge in [-0.1, -0.05) is 13.3 Å². The van der Waals surface area contributed by atoms with Crippen LogP contribution in [0.3, 0.4) is 0 Å². The summed E-state index contributed by atoms with van der Waals surface area (Å²) < 4.78 is 10.5. The second-order valence-electron chi connectivity index (χ2n) is 5.30. The molecule has 1 aromatic carbocycles. The van der Waals surface area contributed by atoms with Crippen LogP contribution in [0.1, 0.15) is 26.2 Å². The average molecular weight is 419 g/mol. The molecule has 0 aromatic heterocycles.